The van der Waals surface area contributed by atoms with Gasteiger partial charge in [-0.25, -0.2) is 0 Å². The Morgan fingerprint density at radius 2 is 1.83 bits per heavy atom. The van der Waals surface area contributed by atoms with Crippen molar-refractivity contribution in [2.75, 3.05) is 0 Å². The monoisotopic (exact) mass is 407 g/mol. The van der Waals surface area contributed by atoms with Crippen LogP contribution in [-0.4, -0.2) is 22.0 Å². The lowest BCUT2D eigenvalue weighted by Crippen LogP contribution is -2.61. The summed E-state index contributed by atoms with van der Waals surface area (Å²) in [5.74, 6) is 2.85. The minimum Gasteiger partial charge on any atom is -0.507 e. The van der Waals surface area contributed by atoms with Gasteiger partial charge in [0.05, 0.1) is 6.21 Å². The fraction of sp³-hybridized carbons (Fsp3) is 0.556. The molecule has 4 aliphatic carbocycles. The quantitative estimate of drug-likeness (QED) is 0.403. The van der Waals surface area contributed by atoms with Crippen molar-refractivity contribution in [3.63, 3.8) is 0 Å². The molecule has 4 aliphatic rings. The van der Waals surface area contributed by atoms with Crippen LogP contribution in [0.2, 0.25) is 0 Å². The molecule has 24 heavy (non-hydrogen) atoms. The highest BCUT2D eigenvalue weighted by Gasteiger charge is 2.51. The average Bonchev–Trinajstić information content (AvgIpc) is 2.48. The van der Waals surface area contributed by atoms with Crippen LogP contribution in [0.5, 0.6) is 5.75 Å². The summed E-state index contributed by atoms with van der Waals surface area (Å²) in [4.78, 5) is 0. The molecule has 128 valence electrons. The largest absolute Gasteiger partial charge is 0.507 e. The highest BCUT2D eigenvalue weighted by Crippen LogP contribution is 2.55. The standard InChI is InChI=1S/C18H22BrN3OS/c19-15-1-2-16(23)14(6-15)10-20-22-17(24)21-18-7-11-3-12(8-18)5-13(4-11)9-18/h1-2,6,10-13,23H,3-5,7-9H2,(H2,21,22,24)/b20-10-. The van der Waals surface area contributed by atoms with Crippen LogP contribution in [-0.2, 0) is 0 Å². The van der Waals surface area contributed by atoms with E-state index >= 15 is 0 Å². The van der Waals surface area contributed by atoms with Gasteiger partial charge in [0.2, 0.25) is 0 Å². The number of nitrogens with zero attached hydrogens (tertiary/aromatic N) is 1. The molecule has 1 aromatic rings. The zero-order chi connectivity index (χ0) is 16.7. The molecule has 0 saturated heterocycles. The molecule has 0 aromatic heterocycles. The number of nitrogens with one attached hydrogen (secondary N) is 2. The van der Waals surface area contributed by atoms with E-state index in [1.54, 1.807) is 18.3 Å². The van der Waals surface area contributed by atoms with Gasteiger partial charge >= 0.3 is 0 Å². The van der Waals surface area contributed by atoms with Crippen LogP contribution in [0.1, 0.15) is 44.1 Å². The fourth-order valence-corrected chi connectivity index (χ4v) is 5.97. The van der Waals surface area contributed by atoms with Crippen LogP contribution in [0.25, 0.3) is 0 Å². The number of rotatable bonds is 3. The van der Waals surface area contributed by atoms with Crippen molar-refractivity contribution in [1.29, 1.82) is 0 Å². The highest BCUT2D eigenvalue weighted by molar-refractivity contribution is 9.10. The molecule has 4 nitrogen and oxygen atoms in total. The number of hydrogen-bond donors (Lipinski definition) is 3. The molecule has 0 aliphatic heterocycles. The van der Waals surface area contributed by atoms with Crippen LogP contribution in [0, 0.1) is 17.8 Å². The Hall–Kier alpha value is -1.14. The summed E-state index contributed by atoms with van der Waals surface area (Å²) in [5, 5.41) is 18.2. The maximum atomic E-state index is 9.82. The third-order valence-corrected chi connectivity index (χ3v) is 6.46. The Balaban J connectivity index is 1.37. The molecule has 4 bridgehead atoms. The highest BCUT2D eigenvalue weighted by atomic mass is 79.9. The predicted molar refractivity (Wildman–Crippen MR) is 103 cm³/mol. The lowest BCUT2D eigenvalue weighted by molar-refractivity contribution is -0.0101. The summed E-state index contributed by atoms with van der Waals surface area (Å²) in [6, 6.07) is 5.24. The second-order valence-corrected chi connectivity index (χ2v) is 9.05. The molecule has 5 rings (SSSR count). The number of aromatic hydroxyl groups is 1. The van der Waals surface area contributed by atoms with Crippen LogP contribution in [0.4, 0.5) is 0 Å². The Bertz CT molecular complexity index is 656. The molecule has 6 heteroatoms. The molecule has 0 spiro atoms. The number of phenolic OH excluding ortho intramolecular Hbond substituents is 1. The van der Waals surface area contributed by atoms with Crippen molar-refractivity contribution in [3.05, 3.63) is 28.2 Å². The predicted octanol–water partition coefficient (Wildman–Crippen LogP) is 3.92. The number of phenols is 1. The maximum absolute atomic E-state index is 9.82. The number of hydrazone groups is 1. The van der Waals surface area contributed by atoms with Crippen molar-refractivity contribution in [3.8, 4) is 5.75 Å². The first kappa shape index (κ1) is 16.3. The molecule has 0 radical (unpaired) electrons. The molecule has 0 heterocycles. The zero-order valence-electron chi connectivity index (χ0n) is 13.5. The smallest absolute Gasteiger partial charge is 0.187 e. The van der Waals surface area contributed by atoms with Crippen LogP contribution in [0.15, 0.2) is 27.8 Å². The maximum Gasteiger partial charge on any atom is 0.187 e. The van der Waals surface area contributed by atoms with E-state index in [-0.39, 0.29) is 11.3 Å². The topological polar surface area (TPSA) is 56.7 Å². The Labute approximate surface area is 156 Å². The molecular weight excluding hydrogens is 386 g/mol. The van der Waals surface area contributed by atoms with Crippen molar-refractivity contribution in [2.24, 2.45) is 22.9 Å². The molecule has 3 N–H and O–H groups in total. The van der Waals surface area contributed by atoms with E-state index in [9.17, 15) is 5.11 Å². The first-order chi connectivity index (χ1) is 11.5. The minimum absolute atomic E-state index is 0.187. The van der Waals surface area contributed by atoms with Gasteiger partial charge in [-0.15, -0.1) is 0 Å². The third kappa shape index (κ3) is 3.31. The van der Waals surface area contributed by atoms with E-state index in [1.165, 1.54) is 38.5 Å². The molecule has 1 aromatic carbocycles. The van der Waals surface area contributed by atoms with Crippen molar-refractivity contribution in [1.82, 2.24) is 10.7 Å². The van der Waals surface area contributed by atoms with E-state index in [1.807, 2.05) is 6.07 Å². The molecule has 4 fully saturated rings. The fourth-order valence-electron chi connectivity index (χ4n) is 5.32. The number of thiocarbonyl (C=S) groups is 1. The molecule has 4 saturated carbocycles. The second-order valence-electron chi connectivity index (χ2n) is 7.73. The summed E-state index contributed by atoms with van der Waals surface area (Å²) >= 11 is 8.85. The average molecular weight is 408 g/mol. The van der Waals surface area contributed by atoms with Crippen LogP contribution >= 0.6 is 28.1 Å². The lowest BCUT2D eigenvalue weighted by atomic mass is 9.53. The van der Waals surface area contributed by atoms with E-state index in [0.717, 1.165) is 22.2 Å². The van der Waals surface area contributed by atoms with Crippen LogP contribution in [0.3, 0.4) is 0 Å². The van der Waals surface area contributed by atoms with E-state index in [4.69, 9.17) is 12.2 Å². The Kier molecular flexibility index (Phi) is 4.29. The molecule has 0 atom stereocenters. The van der Waals surface area contributed by atoms with Gasteiger partial charge in [-0.05, 0) is 86.7 Å². The summed E-state index contributed by atoms with van der Waals surface area (Å²) in [7, 11) is 0. The molecule has 0 unspecified atom stereocenters. The summed E-state index contributed by atoms with van der Waals surface area (Å²) < 4.78 is 0.899. The van der Waals surface area contributed by atoms with Gasteiger partial charge in [0.25, 0.3) is 0 Å². The van der Waals surface area contributed by atoms with Gasteiger partial charge in [0, 0.05) is 15.6 Å². The SMILES string of the molecule is Oc1ccc(Br)cc1/C=N\NC(=S)NC12CC3CC(CC(C3)C1)C2. The number of halogens is 1. The van der Waals surface area contributed by atoms with Gasteiger partial charge in [-0.3, -0.25) is 5.43 Å². The van der Waals surface area contributed by atoms with Crippen molar-refractivity contribution >= 4 is 39.5 Å². The van der Waals surface area contributed by atoms with Gasteiger partial charge in [-0.2, -0.15) is 5.10 Å². The van der Waals surface area contributed by atoms with E-state index in [0.29, 0.717) is 10.7 Å². The summed E-state index contributed by atoms with van der Waals surface area (Å²) in [6.45, 7) is 0. The van der Waals surface area contributed by atoms with Gasteiger partial charge in [0.1, 0.15) is 5.75 Å². The van der Waals surface area contributed by atoms with Crippen molar-refractivity contribution < 1.29 is 5.11 Å². The first-order valence-electron chi connectivity index (χ1n) is 8.61. The summed E-state index contributed by atoms with van der Waals surface area (Å²) in [6.07, 6.45) is 9.59. The zero-order valence-corrected chi connectivity index (χ0v) is 15.9. The van der Waals surface area contributed by atoms with Gasteiger partial charge in [-0.1, -0.05) is 15.9 Å². The van der Waals surface area contributed by atoms with Gasteiger partial charge in [0.15, 0.2) is 5.11 Å². The molecular formula is C18H22BrN3OS. The van der Waals surface area contributed by atoms with E-state index in [2.05, 4.69) is 31.8 Å². The normalized spacial score (nSPS) is 33.8. The minimum atomic E-state index is 0.187. The second kappa shape index (κ2) is 6.30. The van der Waals surface area contributed by atoms with Crippen LogP contribution < -0.4 is 10.7 Å². The Morgan fingerprint density at radius 1 is 1.21 bits per heavy atom. The number of hydrogen-bond acceptors (Lipinski definition) is 3. The lowest BCUT2D eigenvalue weighted by Gasteiger charge is -2.57. The Morgan fingerprint density at radius 3 is 2.46 bits per heavy atom. The summed E-state index contributed by atoms with van der Waals surface area (Å²) in [5.41, 5.74) is 3.75. The first-order valence-corrected chi connectivity index (χ1v) is 9.81. The van der Waals surface area contributed by atoms with E-state index < -0.39 is 0 Å². The van der Waals surface area contributed by atoms with Crippen molar-refractivity contribution in [2.45, 2.75) is 44.1 Å². The molecule has 0 amide bonds. The number of benzene rings is 1. The van der Waals surface area contributed by atoms with Gasteiger partial charge < -0.3 is 10.4 Å². The third-order valence-electron chi connectivity index (χ3n) is 5.78.